The molecule has 0 aliphatic rings. The summed E-state index contributed by atoms with van der Waals surface area (Å²) in [6, 6.07) is 0. The third kappa shape index (κ3) is 1.44. The summed E-state index contributed by atoms with van der Waals surface area (Å²) in [5, 5.41) is 11.4. The molecule has 1 aromatic rings. The predicted molar refractivity (Wildman–Crippen MR) is 28.3 cm³/mol. The van der Waals surface area contributed by atoms with Crippen LogP contribution in [0.25, 0.3) is 5.73 Å². The van der Waals surface area contributed by atoms with Crippen molar-refractivity contribution in [3.05, 3.63) is 11.9 Å². The molecule has 6 nitrogen and oxygen atoms in total. The van der Waals surface area contributed by atoms with E-state index < -0.39 is 5.97 Å². The molecule has 0 spiro atoms. The predicted octanol–water partition coefficient (Wildman–Crippen LogP) is -0.270. The summed E-state index contributed by atoms with van der Waals surface area (Å²) < 4.78 is 5.31. The van der Waals surface area contributed by atoms with Crippen LogP contribution in [0.4, 0.5) is 5.88 Å². The molecule has 0 aromatic carbocycles. The van der Waals surface area contributed by atoms with E-state index in [2.05, 4.69) is 9.79 Å². The van der Waals surface area contributed by atoms with Crippen molar-refractivity contribution in [2.45, 2.75) is 6.54 Å². The molecule has 2 N–H and O–H groups in total. The van der Waals surface area contributed by atoms with Crippen LogP contribution in [0.3, 0.4) is 0 Å². The molecule has 0 atom stereocenters. The van der Waals surface area contributed by atoms with Crippen molar-refractivity contribution in [1.82, 2.24) is 5.27 Å². The minimum atomic E-state index is -1.02. The Morgan fingerprint density at radius 2 is 2.70 bits per heavy atom. The van der Waals surface area contributed by atoms with E-state index in [-0.39, 0.29) is 12.4 Å². The summed E-state index contributed by atoms with van der Waals surface area (Å²) in [6.07, 6.45) is 1.19. The summed E-state index contributed by atoms with van der Waals surface area (Å²) in [7, 11) is 0. The first kappa shape index (κ1) is 6.53. The molecule has 0 saturated heterocycles. The second kappa shape index (κ2) is 2.34. The molecule has 0 unspecified atom stereocenters. The standard InChI is InChI=1S/C4H5N3O3/c5-3-1-7(6-10-3)2-4(8)9/h1H,2H2,(H2-,5,6,8,9). The van der Waals surface area contributed by atoms with Crippen LogP contribution in [0.1, 0.15) is 0 Å². The maximum atomic E-state index is 10.0. The Kier molecular flexibility index (Phi) is 1.53. The van der Waals surface area contributed by atoms with E-state index in [0.29, 0.717) is 0 Å². The molecule has 6 heteroatoms. The number of hydrogen-bond donors (Lipinski definition) is 1. The first-order valence-corrected chi connectivity index (χ1v) is 2.48. The number of aliphatic carboxylic acids is 1. The van der Waals surface area contributed by atoms with Gasteiger partial charge in [-0.1, -0.05) is 0 Å². The molecule has 0 amide bonds. The van der Waals surface area contributed by atoms with Gasteiger partial charge < -0.3 is 15.4 Å². The van der Waals surface area contributed by atoms with Gasteiger partial charge in [0, 0.05) is 0 Å². The number of carboxylic acid groups (broad SMARTS) is 1. The Bertz CT molecular complexity index is 244. The molecular formula is C4H5N3O3. The van der Waals surface area contributed by atoms with Crippen LogP contribution < -0.4 is 4.68 Å². The van der Waals surface area contributed by atoms with Crippen molar-refractivity contribution in [2.24, 2.45) is 0 Å². The maximum Gasteiger partial charge on any atom is 0.372 e. The van der Waals surface area contributed by atoms with Crippen molar-refractivity contribution >= 4 is 11.9 Å². The van der Waals surface area contributed by atoms with Gasteiger partial charge in [-0.15, -0.1) is 0 Å². The fourth-order valence-corrected chi connectivity index (χ4v) is 0.492. The van der Waals surface area contributed by atoms with E-state index in [0.717, 1.165) is 4.68 Å². The van der Waals surface area contributed by atoms with Gasteiger partial charge in [0.25, 0.3) is 6.54 Å². The van der Waals surface area contributed by atoms with Gasteiger partial charge in [0.2, 0.25) is 6.20 Å². The summed E-state index contributed by atoms with van der Waals surface area (Å²) in [4.78, 5) is 10.0. The van der Waals surface area contributed by atoms with Crippen LogP contribution in [-0.2, 0) is 11.3 Å². The summed E-state index contributed by atoms with van der Waals surface area (Å²) in [5.74, 6) is -1.17. The van der Waals surface area contributed by atoms with Crippen molar-refractivity contribution in [1.29, 1.82) is 0 Å². The van der Waals surface area contributed by atoms with Gasteiger partial charge in [-0.25, -0.2) is 4.79 Å². The number of hydrogen-bond acceptors (Lipinski definition) is 3. The largest absolute Gasteiger partial charge is 0.660 e. The second-order valence-corrected chi connectivity index (χ2v) is 1.66. The van der Waals surface area contributed by atoms with Crippen molar-refractivity contribution in [3.63, 3.8) is 0 Å². The number of carboxylic acids is 1. The Morgan fingerprint density at radius 3 is 3.10 bits per heavy atom. The SMILES string of the molecule is [NH-]c1c[n+](CC(=O)O)no1. The van der Waals surface area contributed by atoms with E-state index in [1.54, 1.807) is 0 Å². The Labute approximate surface area is 55.8 Å². The molecule has 1 heterocycles. The highest BCUT2D eigenvalue weighted by Gasteiger charge is 2.09. The molecule has 0 saturated carbocycles. The van der Waals surface area contributed by atoms with Gasteiger partial charge in [-0.3, -0.25) is 0 Å². The average Bonchev–Trinajstić information content (AvgIpc) is 2.13. The molecule has 1 rings (SSSR count). The lowest BCUT2D eigenvalue weighted by molar-refractivity contribution is -0.752. The molecule has 0 bridgehead atoms. The monoisotopic (exact) mass is 143 g/mol. The van der Waals surface area contributed by atoms with E-state index in [9.17, 15) is 4.79 Å². The van der Waals surface area contributed by atoms with Gasteiger partial charge in [0.05, 0.1) is 0 Å². The molecular weight excluding hydrogens is 138 g/mol. The minimum absolute atomic E-state index is 0.152. The van der Waals surface area contributed by atoms with E-state index in [1.807, 2.05) is 0 Å². The minimum Gasteiger partial charge on any atom is -0.660 e. The molecule has 54 valence electrons. The zero-order chi connectivity index (χ0) is 7.56. The highest BCUT2D eigenvalue weighted by Crippen LogP contribution is 2.00. The topological polar surface area (TPSA) is 91.0 Å². The van der Waals surface area contributed by atoms with Gasteiger partial charge in [0.15, 0.2) is 5.27 Å². The zero-order valence-corrected chi connectivity index (χ0v) is 4.94. The van der Waals surface area contributed by atoms with Gasteiger partial charge in [0.1, 0.15) is 5.88 Å². The van der Waals surface area contributed by atoms with E-state index in [4.69, 9.17) is 10.8 Å². The molecule has 10 heavy (non-hydrogen) atoms. The van der Waals surface area contributed by atoms with Crippen LogP contribution in [0.2, 0.25) is 0 Å². The van der Waals surface area contributed by atoms with E-state index >= 15 is 0 Å². The van der Waals surface area contributed by atoms with Crippen LogP contribution in [0, 0.1) is 0 Å². The second-order valence-electron chi connectivity index (χ2n) is 1.66. The maximum absolute atomic E-state index is 10.0. The average molecular weight is 143 g/mol. The third-order valence-electron chi connectivity index (χ3n) is 0.808. The fraction of sp³-hybridized carbons (Fsp3) is 0.250. The van der Waals surface area contributed by atoms with Crippen LogP contribution in [-0.4, -0.2) is 16.3 Å². The van der Waals surface area contributed by atoms with Crippen molar-refractivity contribution in [3.8, 4) is 0 Å². The lowest BCUT2D eigenvalue weighted by atomic mass is 10.6. The highest BCUT2D eigenvalue weighted by atomic mass is 16.5. The smallest absolute Gasteiger partial charge is 0.372 e. The van der Waals surface area contributed by atoms with Crippen LogP contribution >= 0.6 is 0 Å². The molecule has 0 radical (unpaired) electrons. The van der Waals surface area contributed by atoms with Gasteiger partial charge in [-0.05, 0) is 4.68 Å². The molecule has 1 aromatic heterocycles. The molecule has 0 aliphatic carbocycles. The lowest BCUT2D eigenvalue weighted by Gasteiger charge is -1.78. The first-order chi connectivity index (χ1) is 4.68. The molecule has 0 aliphatic heterocycles. The lowest BCUT2D eigenvalue weighted by Crippen LogP contribution is -2.38. The number of aromatic nitrogens is 2. The summed E-state index contributed by atoms with van der Waals surface area (Å²) >= 11 is 0. The van der Waals surface area contributed by atoms with Crippen LogP contribution in [0.5, 0.6) is 0 Å². The zero-order valence-electron chi connectivity index (χ0n) is 4.94. The number of nitrogens with one attached hydrogen (secondary N) is 1. The highest BCUT2D eigenvalue weighted by molar-refractivity contribution is 5.64. The molecule has 0 fully saturated rings. The van der Waals surface area contributed by atoms with E-state index in [1.165, 1.54) is 6.20 Å². The van der Waals surface area contributed by atoms with Crippen LogP contribution in [0.15, 0.2) is 10.7 Å². The Hall–Kier alpha value is -1.59. The van der Waals surface area contributed by atoms with Gasteiger partial charge >= 0.3 is 5.97 Å². The Balaban J connectivity index is 2.67. The quantitative estimate of drug-likeness (QED) is 0.577. The van der Waals surface area contributed by atoms with Gasteiger partial charge in [-0.2, -0.15) is 0 Å². The number of carbonyl (C=O) groups is 1. The third-order valence-corrected chi connectivity index (χ3v) is 0.808. The summed E-state index contributed by atoms with van der Waals surface area (Å²) in [5.41, 5.74) is 6.82. The van der Waals surface area contributed by atoms with Crippen molar-refractivity contribution in [2.75, 3.05) is 0 Å². The fourth-order valence-electron chi connectivity index (χ4n) is 0.492. The van der Waals surface area contributed by atoms with Crippen molar-refractivity contribution < 1.29 is 19.1 Å². The number of rotatable bonds is 2. The Morgan fingerprint density at radius 1 is 2.00 bits per heavy atom. The number of nitrogens with zero attached hydrogens (tertiary/aromatic N) is 2. The first-order valence-electron chi connectivity index (χ1n) is 2.48. The normalized spacial score (nSPS) is 9.60. The summed E-state index contributed by atoms with van der Waals surface area (Å²) in [6.45, 7) is -0.275.